The second-order valence-corrected chi connectivity index (χ2v) is 7.33. The van der Waals surface area contributed by atoms with E-state index in [0.29, 0.717) is 28.4 Å². The minimum absolute atomic E-state index is 0.175. The van der Waals surface area contributed by atoms with Gasteiger partial charge < -0.3 is 14.2 Å². The van der Waals surface area contributed by atoms with Crippen molar-refractivity contribution in [2.24, 2.45) is 0 Å². The van der Waals surface area contributed by atoms with Gasteiger partial charge in [-0.2, -0.15) is 0 Å². The molecule has 0 radical (unpaired) electrons. The fourth-order valence-electron chi connectivity index (χ4n) is 2.61. The fraction of sp³-hybridized carbons (Fsp3) is 0. The first-order valence-corrected chi connectivity index (χ1v) is 9.77. The molecule has 2 N–H and O–H groups in total. The van der Waals surface area contributed by atoms with Gasteiger partial charge in [0.15, 0.2) is 10.7 Å². The molecule has 2 aromatic carbocycles. The van der Waals surface area contributed by atoms with Crippen LogP contribution < -0.4 is 10.6 Å². The van der Waals surface area contributed by atoms with Gasteiger partial charge in [0.2, 0.25) is 11.8 Å². The summed E-state index contributed by atoms with van der Waals surface area (Å²) in [5, 5.41) is 5.72. The number of amides is 1. The van der Waals surface area contributed by atoms with E-state index in [2.05, 4.69) is 31.5 Å². The highest BCUT2D eigenvalue weighted by Crippen LogP contribution is 2.27. The molecule has 29 heavy (non-hydrogen) atoms. The van der Waals surface area contributed by atoms with E-state index < -0.39 is 0 Å². The first kappa shape index (κ1) is 19.1. The largest absolute Gasteiger partial charge is 0.465 e. The molecule has 1 amide bonds. The molecule has 6 nitrogen and oxygen atoms in total. The average molecular weight is 468 g/mol. The van der Waals surface area contributed by atoms with Crippen LogP contribution in [0.25, 0.3) is 28.6 Å². The van der Waals surface area contributed by atoms with Crippen LogP contribution in [0.3, 0.4) is 0 Å². The predicted molar refractivity (Wildman–Crippen MR) is 119 cm³/mol. The lowest BCUT2D eigenvalue weighted by Gasteiger charge is -2.07. The Kier molecular flexibility index (Phi) is 5.55. The van der Waals surface area contributed by atoms with E-state index in [-0.39, 0.29) is 11.0 Å². The van der Waals surface area contributed by atoms with Crippen molar-refractivity contribution in [1.29, 1.82) is 0 Å². The van der Waals surface area contributed by atoms with Crippen molar-refractivity contribution in [2.45, 2.75) is 0 Å². The third-order valence-corrected chi connectivity index (χ3v) is 4.59. The third-order valence-electron chi connectivity index (χ3n) is 3.90. The van der Waals surface area contributed by atoms with Crippen LogP contribution in [-0.4, -0.2) is 16.0 Å². The Labute approximate surface area is 179 Å². The zero-order valence-corrected chi connectivity index (χ0v) is 17.3. The summed E-state index contributed by atoms with van der Waals surface area (Å²) in [4.78, 5) is 16.5. The minimum atomic E-state index is -0.363. The van der Waals surface area contributed by atoms with Crippen LogP contribution in [0.4, 0.5) is 5.69 Å². The van der Waals surface area contributed by atoms with E-state index in [4.69, 9.17) is 21.1 Å². The molecule has 144 valence electrons. The Morgan fingerprint density at radius 1 is 1.14 bits per heavy atom. The maximum absolute atomic E-state index is 11.9. The van der Waals surface area contributed by atoms with Gasteiger partial charge in [-0.25, -0.2) is 4.98 Å². The molecule has 2 heterocycles. The Bertz CT molecular complexity index is 1220. The van der Waals surface area contributed by atoms with Gasteiger partial charge in [0.05, 0.1) is 6.26 Å². The third kappa shape index (κ3) is 4.79. The molecule has 0 fully saturated rings. The fourth-order valence-corrected chi connectivity index (χ4v) is 3.23. The summed E-state index contributed by atoms with van der Waals surface area (Å²) < 4.78 is 11.9. The number of thiocarbonyl (C=S) groups is 1. The molecular formula is C21H14BrN3O3S. The van der Waals surface area contributed by atoms with Gasteiger partial charge in [0, 0.05) is 21.8 Å². The monoisotopic (exact) mass is 467 g/mol. The lowest BCUT2D eigenvalue weighted by atomic mass is 10.2. The number of nitrogens with zero attached hydrogens (tertiary/aromatic N) is 1. The predicted octanol–water partition coefficient (Wildman–Crippen LogP) is 5.38. The standard InChI is InChI=1S/C21H14BrN3O3S/c22-14-4-1-3-13(11-14)20-24-17-12-15(6-8-18(17)28-20)23-21(29)25-19(26)9-7-16-5-2-10-27-16/h1-12H,(H2,23,25,26,29). The van der Waals surface area contributed by atoms with Crippen molar-refractivity contribution in [2.75, 3.05) is 5.32 Å². The number of carbonyl (C=O) groups is 1. The molecule has 8 heteroatoms. The van der Waals surface area contributed by atoms with Crippen molar-refractivity contribution in [3.63, 3.8) is 0 Å². The van der Waals surface area contributed by atoms with Gasteiger partial charge in [0.25, 0.3) is 0 Å². The normalized spacial score (nSPS) is 11.1. The van der Waals surface area contributed by atoms with Crippen molar-refractivity contribution >= 4 is 62.0 Å². The summed E-state index contributed by atoms with van der Waals surface area (Å²) in [6.07, 6.45) is 4.44. The summed E-state index contributed by atoms with van der Waals surface area (Å²) in [5.41, 5.74) is 2.89. The summed E-state index contributed by atoms with van der Waals surface area (Å²) in [6.45, 7) is 0. The van der Waals surface area contributed by atoms with Crippen LogP contribution in [0.5, 0.6) is 0 Å². The summed E-state index contributed by atoms with van der Waals surface area (Å²) >= 11 is 8.64. The summed E-state index contributed by atoms with van der Waals surface area (Å²) in [5.74, 6) is 0.743. The molecule has 0 aliphatic carbocycles. The van der Waals surface area contributed by atoms with Crippen LogP contribution >= 0.6 is 28.1 Å². The van der Waals surface area contributed by atoms with Crippen molar-refractivity contribution in [3.05, 3.63) is 77.2 Å². The number of halogens is 1. The Morgan fingerprint density at radius 3 is 2.83 bits per heavy atom. The molecule has 0 atom stereocenters. The molecule has 0 saturated heterocycles. The van der Waals surface area contributed by atoms with E-state index in [1.165, 1.54) is 12.3 Å². The van der Waals surface area contributed by atoms with Crippen LogP contribution in [0.15, 0.2) is 80.2 Å². The molecule has 0 aliphatic heterocycles. The SMILES string of the molecule is O=C(C=Cc1ccco1)NC(=S)Nc1ccc2oc(-c3cccc(Br)c3)nc2c1. The van der Waals surface area contributed by atoms with Crippen molar-refractivity contribution in [1.82, 2.24) is 10.3 Å². The van der Waals surface area contributed by atoms with Gasteiger partial charge in [-0.05, 0) is 66.8 Å². The summed E-state index contributed by atoms with van der Waals surface area (Å²) in [6, 6.07) is 16.6. The number of aromatic nitrogens is 1. The number of fused-ring (bicyclic) bond motifs is 1. The lowest BCUT2D eigenvalue weighted by molar-refractivity contribution is -0.115. The highest BCUT2D eigenvalue weighted by Gasteiger charge is 2.10. The van der Waals surface area contributed by atoms with Gasteiger partial charge in [-0.1, -0.05) is 22.0 Å². The van der Waals surface area contributed by atoms with Crippen molar-refractivity contribution in [3.8, 4) is 11.5 Å². The van der Waals surface area contributed by atoms with E-state index in [9.17, 15) is 4.79 Å². The first-order chi connectivity index (χ1) is 14.1. The Hall–Kier alpha value is -3.23. The smallest absolute Gasteiger partial charge is 0.250 e. The molecule has 4 rings (SSSR count). The second-order valence-electron chi connectivity index (χ2n) is 6.00. The number of furan rings is 1. The number of oxazole rings is 1. The second kappa shape index (κ2) is 8.42. The van der Waals surface area contributed by atoms with Gasteiger partial charge in [-0.3, -0.25) is 10.1 Å². The van der Waals surface area contributed by atoms with E-state index in [0.717, 1.165) is 10.0 Å². The maximum Gasteiger partial charge on any atom is 0.250 e. The van der Waals surface area contributed by atoms with E-state index in [1.54, 1.807) is 36.4 Å². The molecule has 4 aromatic rings. The number of hydrogen-bond acceptors (Lipinski definition) is 5. The number of carbonyl (C=O) groups excluding carboxylic acids is 1. The zero-order valence-electron chi connectivity index (χ0n) is 14.9. The van der Waals surface area contributed by atoms with Gasteiger partial charge in [-0.15, -0.1) is 0 Å². The lowest BCUT2D eigenvalue weighted by Crippen LogP contribution is -2.32. The molecule has 0 aliphatic rings. The molecule has 0 unspecified atom stereocenters. The van der Waals surface area contributed by atoms with E-state index >= 15 is 0 Å². The molecule has 2 aromatic heterocycles. The van der Waals surface area contributed by atoms with Crippen LogP contribution in [0, 0.1) is 0 Å². The van der Waals surface area contributed by atoms with Crippen molar-refractivity contribution < 1.29 is 13.6 Å². The average Bonchev–Trinajstić information content (AvgIpc) is 3.35. The topological polar surface area (TPSA) is 80.3 Å². The molecular weight excluding hydrogens is 454 g/mol. The highest BCUT2D eigenvalue weighted by atomic mass is 79.9. The molecule has 0 saturated carbocycles. The summed E-state index contributed by atoms with van der Waals surface area (Å²) in [7, 11) is 0. The number of nitrogens with one attached hydrogen (secondary N) is 2. The Balaban J connectivity index is 1.44. The van der Waals surface area contributed by atoms with Crippen LogP contribution in [0.1, 0.15) is 5.76 Å². The van der Waals surface area contributed by atoms with Gasteiger partial charge >= 0.3 is 0 Å². The number of benzene rings is 2. The number of anilines is 1. The molecule has 0 spiro atoms. The van der Waals surface area contributed by atoms with Gasteiger partial charge in [0.1, 0.15) is 11.3 Å². The highest BCUT2D eigenvalue weighted by molar-refractivity contribution is 9.10. The minimum Gasteiger partial charge on any atom is -0.465 e. The Morgan fingerprint density at radius 2 is 2.03 bits per heavy atom. The number of rotatable bonds is 4. The first-order valence-electron chi connectivity index (χ1n) is 8.57. The van der Waals surface area contributed by atoms with Crippen LogP contribution in [0.2, 0.25) is 0 Å². The van der Waals surface area contributed by atoms with Crippen LogP contribution in [-0.2, 0) is 4.79 Å². The number of hydrogen-bond donors (Lipinski definition) is 2. The quantitative estimate of drug-likeness (QED) is 0.310. The van der Waals surface area contributed by atoms with E-state index in [1.807, 2.05) is 24.3 Å². The zero-order chi connectivity index (χ0) is 20.2. The molecule has 0 bridgehead atoms. The maximum atomic E-state index is 11.9.